The number of ether oxygens (including phenoxy) is 2. The minimum Gasteiger partial charge on any atom is -0.496 e. The molecule has 3 aliphatic heterocycles. The van der Waals surface area contributed by atoms with E-state index in [1.807, 2.05) is 158 Å². The largest absolute Gasteiger partial charge is 0.496 e. The highest BCUT2D eigenvalue weighted by Gasteiger charge is 2.37. The van der Waals surface area contributed by atoms with E-state index in [-0.39, 0.29) is 100 Å². The fourth-order valence-corrected chi connectivity index (χ4v) is 12.6. The summed E-state index contributed by atoms with van der Waals surface area (Å²) in [6.45, 7) is 79.3. The summed E-state index contributed by atoms with van der Waals surface area (Å²) in [6, 6.07) is 18.7. The van der Waals surface area contributed by atoms with Crippen molar-refractivity contribution >= 4 is 40.5 Å². The van der Waals surface area contributed by atoms with Crippen LogP contribution in [0.4, 0.5) is 22.0 Å². The van der Waals surface area contributed by atoms with Gasteiger partial charge in [0.15, 0.2) is 23.2 Å². The molecule has 1 saturated carbocycles. The van der Waals surface area contributed by atoms with Crippen molar-refractivity contribution in [2.45, 2.75) is 333 Å². The third-order valence-corrected chi connectivity index (χ3v) is 21.9. The van der Waals surface area contributed by atoms with Crippen LogP contribution < -0.4 is 10.1 Å². The molecule has 1 aliphatic carbocycles. The van der Waals surface area contributed by atoms with Gasteiger partial charge >= 0.3 is 6.55 Å². The van der Waals surface area contributed by atoms with Crippen molar-refractivity contribution in [3.8, 4) is 28.5 Å². The number of nitrogens with zero attached hydrogens (tertiary/aromatic N) is 15. The lowest BCUT2D eigenvalue weighted by atomic mass is 9.89. The summed E-state index contributed by atoms with van der Waals surface area (Å²) in [5.41, 5.74) is 17.0. The Balaban J connectivity index is 0.000000329. The number of Topliss-reactive ketones (excluding diaryl/α,β-unsaturated/α-hetero) is 2. The number of H-pyrrole nitrogens is 7. The van der Waals surface area contributed by atoms with Gasteiger partial charge in [0, 0.05) is 163 Å². The third kappa shape index (κ3) is 39.8. The number of aromatic amines is 7. The zero-order chi connectivity index (χ0) is 109. The number of aliphatic imine (C=N–C) groups is 3. The molecule has 143 heavy (non-hydrogen) atoms. The Hall–Kier alpha value is -12.3. The van der Waals surface area contributed by atoms with Crippen LogP contribution in [0.15, 0.2) is 135 Å². The molecule has 10 aromatic rings. The highest BCUT2D eigenvalue weighted by molar-refractivity contribution is 6.09. The number of carbonyl (C=O) groups excluding carboxylic acids is 4. The van der Waals surface area contributed by atoms with Gasteiger partial charge in [-0.3, -0.25) is 79.8 Å². The normalized spacial score (nSPS) is 13.8. The van der Waals surface area contributed by atoms with E-state index in [1.54, 1.807) is 65.7 Å². The third-order valence-electron chi connectivity index (χ3n) is 21.9. The quantitative estimate of drug-likeness (QED) is 0.0416. The summed E-state index contributed by atoms with van der Waals surface area (Å²) < 4.78 is 76.7. The molecule has 12 heterocycles. The highest BCUT2D eigenvalue weighted by atomic mass is 19.3. The van der Waals surface area contributed by atoms with Crippen LogP contribution in [0.1, 0.15) is 364 Å². The molecule has 29 nitrogen and oxygen atoms in total. The average Bonchev–Trinajstić information content (AvgIpc) is 1.64. The number of amides is 2. The summed E-state index contributed by atoms with van der Waals surface area (Å²) in [7, 11) is 5.02. The minimum absolute atomic E-state index is 0.000723. The lowest BCUT2D eigenvalue weighted by Crippen LogP contribution is -2.22. The first-order chi connectivity index (χ1) is 65.5. The van der Waals surface area contributed by atoms with Crippen LogP contribution in [-0.2, 0) is 52.9 Å². The van der Waals surface area contributed by atoms with Gasteiger partial charge in [0.05, 0.1) is 61.8 Å². The number of hydrogen-bond donors (Lipinski definition) is 8. The second kappa shape index (κ2) is 51.3. The molecule has 788 valence electrons. The maximum atomic E-state index is 14.3. The highest BCUT2D eigenvalue weighted by Crippen LogP contribution is 2.43. The predicted octanol–water partition coefficient (Wildman–Crippen LogP) is 24.7. The first kappa shape index (κ1) is 123. The van der Waals surface area contributed by atoms with Crippen LogP contribution in [0, 0.1) is 47.6 Å². The van der Waals surface area contributed by atoms with Gasteiger partial charge in [-0.2, -0.15) is 44.5 Å². The van der Waals surface area contributed by atoms with Gasteiger partial charge in [0.25, 0.3) is 11.8 Å². The van der Waals surface area contributed by atoms with Gasteiger partial charge in [-0.05, 0) is 107 Å². The Bertz CT molecular complexity index is 5930. The van der Waals surface area contributed by atoms with Crippen LogP contribution in [-0.4, -0.2) is 191 Å². The molecule has 1 fully saturated rings. The second-order valence-corrected chi connectivity index (χ2v) is 46.9. The van der Waals surface area contributed by atoms with Crippen molar-refractivity contribution in [3.63, 3.8) is 0 Å². The maximum absolute atomic E-state index is 14.3. The monoisotopic (exact) mass is 1990 g/mol. The maximum Gasteiger partial charge on any atom is 0.333 e. The van der Waals surface area contributed by atoms with Gasteiger partial charge < -0.3 is 19.7 Å². The van der Waals surface area contributed by atoms with Crippen molar-refractivity contribution in [2.75, 3.05) is 54.0 Å². The Labute approximate surface area is 846 Å². The number of aryl methyl sites for hydroxylation is 2. The number of ketones is 2. The zero-order valence-electron chi connectivity index (χ0n) is 93.4. The van der Waals surface area contributed by atoms with E-state index in [1.165, 1.54) is 18.0 Å². The van der Waals surface area contributed by atoms with Crippen molar-refractivity contribution in [3.05, 3.63) is 206 Å². The molecular weight excluding hydrogens is 1820 g/mol. The van der Waals surface area contributed by atoms with Crippen LogP contribution in [0.5, 0.6) is 5.88 Å². The van der Waals surface area contributed by atoms with E-state index in [0.29, 0.717) is 87.4 Å². The number of halogens is 5. The molecule has 0 saturated heterocycles. The van der Waals surface area contributed by atoms with E-state index in [9.17, 15) is 41.1 Å². The van der Waals surface area contributed by atoms with E-state index >= 15 is 0 Å². The molecule has 8 N–H and O–H groups in total. The molecule has 14 rings (SSSR count). The number of carbonyl (C=O) groups is 4. The number of benzene rings is 1. The van der Waals surface area contributed by atoms with Gasteiger partial charge in [0.2, 0.25) is 5.88 Å². The number of hydrogen-bond acceptors (Lipinski definition) is 19. The standard InChI is InChI=1S/C14H17FN2.C11H16FN.C11H14N4.C10H17N3O.C10H15NO.C10H17NO.C9H15N3O.C9H14N2O.C9H16N2O.C8H12F2N2.C8H13FN2/c1-9-7-5-6-8-10(9)12-11(15)13(17-16-12)14(2,3)4;1-11(2,3)10-9(12)8(6-13-10)7-4-5-7;1-11(2,3)10-6-8(14-15-10)9-7-12-4-5-13-9;1-10(2,3)8-6-7(11-12-8)9(14)13(4)5;1-7(12)8-5-9(11-6-8)10(2,3)4;1-5-12-8-6-9(11-7-8)10(2,3)4;1-9(2,3)7-5-6(11-12-7)8(13)10-4;1-6(12)7-5-8(11-10-7)9(2,3)4;1-5-12-8-6-7(10-11-8)9(2,3)4;1-8(2,3)6-4-5-12(11-6)7(9)10;1-5-6(9)7(11-10-5)8(2,3)4/h5-8H,1-4H3,(H,16,17);7H,4-6H2,1-3H3;4-7H,1-3H3,(H,14,15);6H,1-5H3,(H,11,12);5H,6H2,1-4H3;6H,5,7H2,1-4H3;5H,1-4H3,(H,10,13)(H,11,12);5H,1-4H3,(H,10,11);6H,5H2,1-4H3,(H,10,11);4-5,7H,1-3H3;1-4H3,(H,10,11). The Morgan fingerprint density at radius 2 is 0.979 bits per heavy atom. The van der Waals surface area contributed by atoms with E-state index in [4.69, 9.17) is 9.47 Å². The molecule has 2 amide bonds. The average molecular weight is 1990 g/mol. The summed E-state index contributed by atoms with van der Waals surface area (Å²) >= 11 is 0. The van der Waals surface area contributed by atoms with Crippen molar-refractivity contribution in [1.29, 1.82) is 0 Å². The molecule has 0 bridgehead atoms. The first-order valence-corrected chi connectivity index (χ1v) is 48.6. The van der Waals surface area contributed by atoms with E-state index in [2.05, 4.69) is 258 Å². The lowest BCUT2D eigenvalue weighted by molar-refractivity contribution is -0.113. The summed E-state index contributed by atoms with van der Waals surface area (Å²) in [5, 5.41) is 54.3. The molecule has 0 radical (unpaired) electrons. The topological polar surface area (TPSA) is 383 Å². The number of allylic oxidation sites excluding steroid dienone is 3. The molecule has 0 unspecified atom stereocenters. The minimum atomic E-state index is -2.54. The molecule has 1 aromatic carbocycles. The number of aromatic nitrogens is 18. The van der Waals surface area contributed by atoms with Gasteiger partial charge in [-0.15, -0.1) is 5.10 Å². The lowest BCUT2D eigenvalue weighted by Gasteiger charge is -2.17. The molecular formula is C109H166F5N23O6. The molecule has 34 heteroatoms. The fraction of sp³-hybridized carbons (Fsp3) is 0.569. The van der Waals surface area contributed by atoms with Gasteiger partial charge in [-0.25, -0.2) is 17.9 Å². The Morgan fingerprint density at radius 1 is 0.490 bits per heavy atom. The zero-order valence-corrected chi connectivity index (χ0v) is 93.4. The summed E-state index contributed by atoms with van der Waals surface area (Å²) in [5.74, 6) is 1.65. The summed E-state index contributed by atoms with van der Waals surface area (Å²) in [4.78, 5) is 67.3. The second-order valence-electron chi connectivity index (χ2n) is 46.9. The number of nitrogens with one attached hydrogen (secondary N) is 8. The van der Waals surface area contributed by atoms with Crippen LogP contribution in [0.25, 0.3) is 22.6 Å². The fourth-order valence-electron chi connectivity index (χ4n) is 12.6. The Morgan fingerprint density at radius 3 is 1.34 bits per heavy atom. The van der Waals surface area contributed by atoms with Crippen LogP contribution >= 0.6 is 0 Å². The van der Waals surface area contributed by atoms with Crippen LogP contribution in [0.2, 0.25) is 0 Å². The Kier molecular flexibility index (Phi) is 44.1. The van der Waals surface area contributed by atoms with Crippen molar-refractivity contribution < 1.29 is 50.6 Å². The SMILES string of the molecule is CC(=O)C1=CC(C(C)(C)C)=NC1.CC(=O)c1cc(C(C)(C)C)[nH]n1.CC(C)(C)C1=NCC(C2CC2)=C1F.CC(C)(C)c1cc(-c2cnccn2)n[nH]1.CC(C)(C)c1ccn(C(F)F)n1.CCOC1=CC(C(C)(C)C)=NC1.CCOc1cc(C(C)(C)C)[nH]n1.CN(C)C(=O)c1cc(C(C)(C)C)[nH]n1.CNC(=O)c1cc(C(C)(C)C)[nH]n1.Cc1[nH]nc(C(C)(C)C)c1F.Cc1ccccc1-c1n[nH]c(C(C)(C)C)c1F. The summed E-state index contributed by atoms with van der Waals surface area (Å²) in [6.07, 6.45) is 12.6. The van der Waals surface area contributed by atoms with E-state index < -0.39 is 6.55 Å². The molecule has 9 aromatic heterocycles. The van der Waals surface area contributed by atoms with E-state index in [0.717, 1.165) is 105 Å². The first-order valence-electron chi connectivity index (χ1n) is 48.6. The smallest absolute Gasteiger partial charge is 0.333 e. The van der Waals surface area contributed by atoms with Crippen LogP contribution in [0.3, 0.4) is 0 Å². The van der Waals surface area contributed by atoms with Crippen molar-refractivity contribution in [2.24, 2.45) is 37.1 Å². The molecule has 4 aliphatic rings. The van der Waals surface area contributed by atoms with Gasteiger partial charge in [0.1, 0.15) is 51.4 Å². The number of rotatable bonds is 12. The molecule has 0 spiro atoms. The number of alkyl halides is 2. The van der Waals surface area contributed by atoms with Crippen molar-refractivity contribution in [1.82, 2.24) is 101 Å². The molecule has 0 atom stereocenters. The van der Waals surface area contributed by atoms with Gasteiger partial charge in [-0.1, -0.05) is 253 Å². The predicted molar refractivity (Wildman–Crippen MR) is 566 cm³/mol.